The Hall–Kier alpha value is -3.40. The first-order valence-electron chi connectivity index (χ1n) is 10.1. The van der Waals surface area contributed by atoms with Gasteiger partial charge in [0, 0.05) is 28.9 Å². The van der Waals surface area contributed by atoms with E-state index in [1.165, 1.54) is 47.0 Å². The number of hydrogen-bond donors (Lipinski definition) is 0. The molecule has 3 rings (SSSR count). The van der Waals surface area contributed by atoms with Crippen molar-refractivity contribution < 1.29 is 35.9 Å². The summed E-state index contributed by atoms with van der Waals surface area (Å²) >= 11 is 0. The normalized spacial score (nSPS) is 11.9. The van der Waals surface area contributed by atoms with E-state index in [9.17, 15) is 31.2 Å². The summed E-state index contributed by atoms with van der Waals surface area (Å²) in [6.45, 7) is 2.70. The van der Waals surface area contributed by atoms with Crippen LogP contribution in [0.2, 0.25) is 0 Å². The Morgan fingerprint density at radius 3 is 2.24 bits per heavy atom. The van der Waals surface area contributed by atoms with Crippen LogP contribution in [0.15, 0.2) is 54.6 Å². The number of aryl methyl sites for hydroxylation is 1. The number of ether oxygens (including phenoxy) is 1. The van der Waals surface area contributed by atoms with E-state index in [1.54, 1.807) is 13.8 Å². The van der Waals surface area contributed by atoms with Gasteiger partial charge < -0.3 is 9.30 Å². The van der Waals surface area contributed by atoms with Gasteiger partial charge in [0.1, 0.15) is 0 Å². The third-order valence-corrected chi connectivity index (χ3v) is 5.97. The molecule has 0 N–H and O–H groups in total. The number of nitrogens with zero attached hydrogens (tertiary/aromatic N) is 1. The highest BCUT2D eigenvalue weighted by molar-refractivity contribution is 7.89. The Labute approximate surface area is 194 Å². The molecule has 0 unspecified atom stereocenters. The molecule has 180 valence electrons. The van der Waals surface area contributed by atoms with Crippen molar-refractivity contribution >= 4 is 21.6 Å². The van der Waals surface area contributed by atoms with E-state index >= 15 is 0 Å². The summed E-state index contributed by atoms with van der Waals surface area (Å²) < 4.78 is 68.6. The summed E-state index contributed by atoms with van der Waals surface area (Å²) in [7, 11) is -3.22. The van der Waals surface area contributed by atoms with Crippen LogP contribution in [0.3, 0.4) is 0 Å². The second kappa shape index (κ2) is 9.46. The van der Waals surface area contributed by atoms with Crippen LogP contribution < -0.4 is 0 Å². The van der Waals surface area contributed by atoms with E-state index < -0.39 is 39.9 Å². The lowest BCUT2D eigenvalue weighted by molar-refractivity contribution is -0.137. The summed E-state index contributed by atoms with van der Waals surface area (Å²) in [5.74, 6) is -1.43. The van der Waals surface area contributed by atoms with Gasteiger partial charge in [0.15, 0.2) is 16.4 Å². The topological polar surface area (TPSA) is 82.4 Å². The van der Waals surface area contributed by atoms with Gasteiger partial charge in [0.25, 0.3) is 0 Å². The lowest BCUT2D eigenvalue weighted by Crippen LogP contribution is -2.15. The molecule has 2 aromatic carbocycles. The Balaban J connectivity index is 1.73. The Bertz CT molecular complexity index is 1340. The predicted molar refractivity (Wildman–Crippen MR) is 120 cm³/mol. The van der Waals surface area contributed by atoms with Crippen molar-refractivity contribution in [2.75, 3.05) is 12.9 Å². The van der Waals surface area contributed by atoms with Crippen molar-refractivity contribution in [3.8, 4) is 5.69 Å². The molecular formula is C24H22F3NO5S. The molecule has 0 amide bonds. The molecule has 0 bridgehead atoms. The number of hydrogen-bond acceptors (Lipinski definition) is 5. The number of Topliss-reactive ketones (excluding diaryl/α,β-unsaturated/α-hetero) is 1. The number of carbonyl (C=O) groups excluding carboxylic acids is 2. The first kappa shape index (κ1) is 25.2. The summed E-state index contributed by atoms with van der Waals surface area (Å²) in [6, 6.07) is 12.1. The Morgan fingerprint density at radius 1 is 1.00 bits per heavy atom. The number of ketones is 1. The molecule has 3 aromatic rings. The van der Waals surface area contributed by atoms with Crippen LogP contribution in [-0.2, 0) is 26.5 Å². The fourth-order valence-electron chi connectivity index (χ4n) is 3.60. The van der Waals surface area contributed by atoms with E-state index in [0.29, 0.717) is 17.0 Å². The highest BCUT2D eigenvalue weighted by Gasteiger charge is 2.31. The maximum absolute atomic E-state index is 13.1. The number of carbonyl (C=O) groups is 2. The molecule has 6 nitrogen and oxygen atoms in total. The van der Waals surface area contributed by atoms with E-state index in [-0.39, 0.29) is 22.6 Å². The van der Waals surface area contributed by atoms with Crippen molar-refractivity contribution in [2.45, 2.75) is 25.8 Å². The van der Waals surface area contributed by atoms with Gasteiger partial charge in [-0.25, -0.2) is 13.2 Å². The smallest absolute Gasteiger partial charge is 0.416 e. The molecule has 0 saturated carbocycles. The standard InChI is InChI=1S/C24H22F3NO5S/c1-15-11-21(16(2)28(15)20-6-4-5-19(12-20)24(25,26)27)22(29)13-33-23(30)18-9-7-17(8-10-18)14-34(3,31)32/h4-12H,13-14H2,1-3H3. The minimum atomic E-state index is -4.50. The van der Waals surface area contributed by atoms with Gasteiger partial charge in [-0.2, -0.15) is 13.2 Å². The summed E-state index contributed by atoms with van der Waals surface area (Å²) in [5.41, 5.74) is 1.32. The lowest BCUT2D eigenvalue weighted by atomic mass is 10.1. The number of halogens is 3. The third kappa shape index (κ3) is 5.93. The van der Waals surface area contributed by atoms with Gasteiger partial charge in [-0.15, -0.1) is 0 Å². The second-order valence-corrected chi connectivity index (χ2v) is 10.1. The molecule has 10 heteroatoms. The number of aromatic nitrogens is 1. The number of benzene rings is 2. The zero-order valence-electron chi connectivity index (χ0n) is 18.6. The molecular weight excluding hydrogens is 471 g/mol. The molecule has 0 aliphatic heterocycles. The van der Waals surface area contributed by atoms with E-state index in [1.807, 2.05) is 0 Å². The van der Waals surface area contributed by atoms with Crippen LogP contribution >= 0.6 is 0 Å². The highest BCUT2D eigenvalue weighted by Crippen LogP contribution is 2.31. The summed E-state index contributed by atoms with van der Waals surface area (Å²) in [4.78, 5) is 25.0. The van der Waals surface area contributed by atoms with Crippen LogP contribution in [-0.4, -0.2) is 37.6 Å². The first-order chi connectivity index (χ1) is 15.8. The fraction of sp³-hybridized carbons (Fsp3) is 0.250. The molecule has 0 aliphatic rings. The fourth-order valence-corrected chi connectivity index (χ4v) is 4.39. The molecule has 0 aliphatic carbocycles. The number of alkyl halides is 3. The average Bonchev–Trinajstić information content (AvgIpc) is 3.04. The third-order valence-electron chi connectivity index (χ3n) is 5.12. The zero-order chi connectivity index (χ0) is 25.3. The van der Waals surface area contributed by atoms with Crippen molar-refractivity contribution in [2.24, 2.45) is 0 Å². The quantitative estimate of drug-likeness (QED) is 0.352. The van der Waals surface area contributed by atoms with E-state index in [4.69, 9.17) is 4.74 Å². The molecule has 0 atom stereocenters. The molecule has 0 fully saturated rings. The maximum Gasteiger partial charge on any atom is 0.416 e. The van der Waals surface area contributed by atoms with Crippen molar-refractivity contribution in [3.05, 3.63) is 88.2 Å². The molecule has 1 aromatic heterocycles. The molecule has 0 radical (unpaired) electrons. The molecule has 0 spiro atoms. The van der Waals surface area contributed by atoms with E-state index in [2.05, 4.69) is 0 Å². The van der Waals surface area contributed by atoms with Gasteiger partial charge in [0.05, 0.1) is 16.9 Å². The van der Waals surface area contributed by atoms with Crippen LogP contribution in [0.1, 0.15) is 43.2 Å². The lowest BCUT2D eigenvalue weighted by Gasteiger charge is -2.13. The van der Waals surface area contributed by atoms with Crippen molar-refractivity contribution in [1.82, 2.24) is 4.57 Å². The van der Waals surface area contributed by atoms with Crippen molar-refractivity contribution in [3.63, 3.8) is 0 Å². The SMILES string of the molecule is Cc1cc(C(=O)COC(=O)c2ccc(CS(C)(=O)=O)cc2)c(C)n1-c1cccc(C(F)(F)F)c1. The number of sulfone groups is 1. The van der Waals surface area contributed by atoms with Gasteiger partial charge in [-0.05, 0) is 55.8 Å². The zero-order valence-corrected chi connectivity index (χ0v) is 19.5. The van der Waals surface area contributed by atoms with Gasteiger partial charge in [0.2, 0.25) is 5.78 Å². The second-order valence-electron chi connectivity index (χ2n) is 7.93. The minimum absolute atomic E-state index is 0.152. The van der Waals surface area contributed by atoms with Crippen molar-refractivity contribution in [1.29, 1.82) is 0 Å². The molecule has 34 heavy (non-hydrogen) atoms. The van der Waals surface area contributed by atoms with Gasteiger partial charge >= 0.3 is 12.1 Å². The number of esters is 1. The Kier molecular flexibility index (Phi) is 7.02. The van der Waals surface area contributed by atoms with Crippen LogP contribution in [0, 0.1) is 13.8 Å². The van der Waals surface area contributed by atoms with Gasteiger partial charge in [-0.3, -0.25) is 4.79 Å². The average molecular weight is 494 g/mol. The van der Waals surface area contributed by atoms with Crippen LogP contribution in [0.5, 0.6) is 0 Å². The Morgan fingerprint density at radius 2 is 1.65 bits per heavy atom. The van der Waals surface area contributed by atoms with Gasteiger partial charge in [-0.1, -0.05) is 18.2 Å². The highest BCUT2D eigenvalue weighted by atomic mass is 32.2. The maximum atomic E-state index is 13.1. The molecule has 0 saturated heterocycles. The predicted octanol–water partition coefficient (Wildman–Crippen LogP) is 4.70. The van der Waals surface area contributed by atoms with Crippen LogP contribution in [0.25, 0.3) is 5.69 Å². The minimum Gasteiger partial charge on any atom is -0.454 e. The van der Waals surface area contributed by atoms with E-state index in [0.717, 1.165) is 18.4 Å². The first-order valence-corrected chi connectivity index (χ1v) is 12.2. The summed E-state index contributed by atoms with van der Waals surface area (Å²) in [6.07, 6.45) is -3.40. The number of rotatable bonds is 7. The molecule has 1 heterocycles. The largest absolute Gasteiger partial charge is 0.454 e. The summed E-state index contributed by atoms with van der Waals surface area (Å²) in [5, 5.41) is 0. The van der Waals surface area contributed by atoms with Crippen LogP contribution in [0.4, 0.5) is 13.2 Å². The monoisotopic (exact) mass is 493 g/mol.